The van der Waals surface area contributed by atoms with Crippen molar-refractivity contribution in [3.05, 3.63) is 66.2 Å². The van der Waals surface area contributed by atoms with Gasteiger partial charge in [0.15, 0.2) is 0 Å². The number of anilines is 1. The predicted octanol–water partition coefficient (Wildman–Crippen LogP) is 4.94. The van der Waals surface area contributed by atoms with Crippen molar-refractivity contribution in [1.82, 2.24) is 9.80 Å². The first-order valence-corrected chi connectivity index (χ1v) is 14.1. The summed E-state index contributed by atoms with van der Waals surface area (Å²) in [5.41, 5.74) is 2.57. The van der Waals surface area contributed by atoms with E-state index in [0.717, 1.165) is 71.4 Å². The van der Waals surface area contributed by atoms with Gasteiger partial charge < -0.3 is 14.7 Å². The third-order valence-electron chi connectivity index (χ3n) is 9.57. The molecule has 2 atom stereocenters. The van der Waals surface area contributed by atoms with Crippen LogP contribution >= 0.6 is 0 Å². The van der Waals surface area contributed by atoms with E-state index in [1.54, 1.807) is 0 Å². The molecule has 2 aromatic rings. The number of likely N-dealkylation sites (tertiary alicyclic amines) is 1. The molecule has 2 aliphatic heterocycles. The van der Waals surface area contributed by atoms with E-state index in [0.29, 0.717) is 17.7 Å². The monoisotopic (exact) mass is 485 g/mol. The van der Waals surface area contributed by atoms with Gasteiger partial charge >= 0.3 is 0 Å². The number of carbonyl (C=O) groups is 2. The van der Waals surface area contributed by atoms with Crippen molar-refractivity contribution >= 4 is 17.5 Å². The SMILES string of the molecule is O=C(C(c1ccccc1)C1CCCC1)N1CCC2(CC1)CC2C(=O)N1CCN(c2ccccc2)CC1. The summed E-state index contributed by atoms with van der Waals surface area (Å²) in [5.74, 6) is 1.32. The van der Waals surface area contributed by atoms with Crippen LogP contribution in [-0.4, -0.2) is 60.9 Å². The van der Waals surface area contributed by atoms with Gasteiger partial charge in [-0.1, -0.05) is 61.4 Å². The second-order valence-electron chi connectivity index (χ2n) is 11.5. The van der Waals surface area contributed by atoms with Gasteiger partial charge in [-0.3, -0.25) is 9.59 Å². The minimum Gasteiger partial charge on any atom is -0.368 e. The molecule has 2 amide bonds. The van der Waals surface area contributed by atoms with E-state index in [1.165, 1.54) is 24.1 Å². The normalized spacial score (nSPS) is 24.7. The van der Waals surface area contributed by atoms with Crippen LogP contribution in [-0.2, 0) is 9.59 Å². The largest absolute Gasteiger partial charge is 0.368 e. The third kappa shape index (κ3) is 4.53. The van der Waals surface area contributed by atoms with Gasteiger partial charge in [-0.25, -0.2) is 0 Å². The maximum atomic E-state index is 13.8. The van der Waals surface area contributed by atoms with Gasteiger partial charge in [-0.15, -0.1) is 0 Å². The molecular weight excluding hydrogens is 446 g/mol. The first-order chi connectivity index (χ1) is 17.6. The number of amides is 2. The first-order valence-electron chi connectivity index (χ1n) is 14.1. The number of nitrogens with zero attached hydrogens (tertiary/aromatic N) is 3. The predicted molar refractivity (Wildman–Crippen MR) is 143 cm³/mol. The Hall–Kier alpha value is -2.82. The minimum absolute atomic E-state index is 0.000271. The van der Waals surface area contributed by atoms with E-state index in [1.807, 2.05) is 12.1 Å². The van der Waals surface area contributed by atoms with Crippen molar-refractivity contribution in [3.8, 4) is 0 Å². The number of hydrogen-bond donors (Lipinski definition) is 0. The number of benzene rings is 2. The van der Waals surface area contributed by atoms with Crippen LogP contribution < -0.4 is 4.90 Å². The number of hydrogen-bond acceptors (Lipinski definition) is 3. The highest BCUT2D eigenvalue weighted by Gasteiger charge is 2.59. The van der Waals surface area contributed by atoms with E-state index in [-0.39, 0.29) is 17.3 Å². The van der Waals surface area contributed by atoms with E-state index in [4.69, 9.17) is 0 Å². The second kappa shape index (κ2) is 9.91. The molecule has 2 unspecified atom stereocenters. The fourth-order valence-corrected chi connectivity index (χ4v) is 7.23. The van der Waals surface area contributed by atoms with Crippen LogP contribution in [0.2, 0.25) is 0 Å². The number of carbonyl (C=O) groups excluding carboxylic acids is 2. The lowest BCUT2D eigenvalue weighted by molar-refractivity contribution is -0.136. The molecule has 5 nitrogen and oxygen atoms in total. The van der Waals surface area contributed by atoms with Crippen molar-refractivity contribution < 1.29 is 9.59 Å². The van der Waals surface area contributed by atoms with Gasteiger partial charge in [0.1, 0.15) is 0 Å². The van der Waals surface area contributed by atoms with E-state index in [9.17, 15) is 9.59 Å². The minimum atomic E-state index is 0.000271. The van der Waals surface area contributed by atoms with Crippen LogP contribution in [0.15, 0.2) is 60.7 Å². The van der Waals surface area contributed by atoms with Crippen molar-refractivity contribution in [3.63, 3.8) is 0 Å². The maximum absolute atomic E-state index is 13.8. The Morgan fingerprint density at radius 3 is 2.00 bits per heavy atom. The molecular formula is C31H39N3O2. The fourth-order valence-electron chi connectivity index (χ4n) is 7.23. The molecule has 2 aliphatic carbocycles. The van der Waals surface area contributed by atoms with Gasteiger partial charge in [-0.2, -0.15) is 0 Å². The smallest absolute Gasteiger partial charge is 0.230 e. The number of para-hydroxylation sites is 1. The zero-order valence-electron chi connectivity index (χ0n) is 21.4. The lowest BCUT2D eigenvalue weighted by Crippen LogP contribution is -2.50. The summed E-state index contributed by atoms with van der Waals surface area (Å²) >= 11 is 0. The standard InChI is InChI=1S/C31H39N3O2/c35-29(34-21-19-32(20-22-34)26-13-5-2-6-14-26)27-23-31(27)15-17-33(18-16-31)30(36)28(25-11-7-8-12-25)24-9-3-1-4-10-24/h1-6,9-10,13-14,25,27-28H,7-8,11-12,15-23H2. The topological polar surface area (TPSA) is 43.9 Å². The molecule has 5 heteroatoms. The van der Waals surface area contributed by atoms with Crippen molar-refractivity contribution in [2.75, 3.05) is 44.2 Å². The van der Waals surface area contributed by atoms with Gasteiger partial charge in [-0.05, 0) is 61.1 Å². The average Bonchev–Trinajstić information content (AvgIpc) is 3.36. The highest BCUT2D eigenvalue weighted by Crippen LogP contribution is 2.60. The van der Waals surface area contributed by atoms with Crippen LogP contribution in [0, 0.1) is 17.3 Å². The molecule has 36 heavy (non-hydrogen) atoms. The molecule has 4 fully saturated rings. The highest BCUT2D eigenvalue weighted by molar-refractivity contribution is 5.85. The summed E-state index contributed by atoms with van der Waals surface area (Å²) in [6, 6.07) is 20.9. The Labute approximate surface area is 215 Å². The van der Waals surface area contributed by atoms with E-state index >= 15 is 0 Å². The second-order valence-corrected chi connectivity index (χ2v) is 11.5. The molecule has 4 aliphatic rings. The fraction of sp³-hybridized carbons (Fsp3) is 0.548. The molecule has 2 aromatic carbocycles. The van der Waals surface area contributed by atoms with Gasteiger partial charge in [0.2, 0.25) is 11.8 Å². The molecule has 6 rings (SSSR count). The molecule has 2 saturated carbocycles. The van der Waals surface area contributed by atoms with Crippen molar-refractivity contribution in [1.29, 1.82) is 0 Å². The zero-order valence-corrected chi connectivity index (χ0v) is 21.4. The summed E-state index contributed by atoms with van der Waals surface area (Å²) in [5, 5.41) is 0. The first kappa shape index (κ1) is 23.6. The van der Waals surface area contributed by atoms with Crippen LogP contribution in [0.5, 0.6) is 0 Å². The maximum Gasteiger partial charge on any atom is 0.230 e. The number of rotatable bonds is 5. The van der Waals surface area contributed by atoms with Crippen LogP contribution in [0.4, 0.5) is 5.69 Å². The van der Waals surface area contributed by atoms with Gasteiger partial charge in [0.25, 0.3) is 0 Å². The Morgan fingerprint density at radius 2 is 1.36 bits per heavy atom. The summed E-state index contributed by atoms with van der Waals surface area (Å²) < 4.78 is 0. The molecule has 0 radical (unpaired) electrons. The summed E-state index contributed by atoms with van der Waals surface area (Å²) in [4.78, 5) is 33.8. The number of piperidine rings is 1. The lowest BCUT2D eigenvalue weighted by atomic mass is 9.82. The van der Waals surface area contributed by atoms with Crippen molar-refractivity contribution in [2.45, 2.75) is 50.9 Å². The molecule has 0 bridgehead atoms. The Morgan fingerprint density at radius 1 is 0.750 bits per heavy atom. The quantitative estimate of drug-likeness (QED) is 0.603. The average molecular weight is 486 g/mol. The Bertz CT molecular complexity index is 1050. The van der Waals surface area contributed by atoms with Crippen LogP contribution in [0.25, 0.3) is 0 Å². The summed E-state index contributed by atoms with van der Waals surface area (Å²) in [6.07, 6.45) is 7.78. The molecule has 0 N–H and O–H groups in total. The molecule has 1 spiro atoms. The highest BCUT2D eigenvalue weighted by atomic mass is 16.2. The van der Waals surface area contributed by atoms with Gasteiger partial charge in [0, 0.05) is 50.9 Å². The van der Waals surface area contributed by atoms with Crippen molar-refractivity contribution in [2.24, 2.45) is 17.3 Å². The summed E-state index contributed by atoms with van der Waals surface area (Å²) in [6.45, 7) is 5.04. The van der Waals surface area contributed by atoms with E-state index < -0.39 is 0 Å². The Kier molecular flexibility index (Phi) is 6.49. The lowest BCUT2D eigenvalue weighted by Gasteiger charge is -2.38. The number of piperazine rings is 1. The van der Waals surface area contributed by atoms with E-state index in [2.05, 4.69) is 63.2 Å². The third-order valence-corrected chi connectivity index (χ3v) is 9.57. The summed E-state index contributed by atoms with van der Waals surface area (Å²) in [7, 11) is 0. The molecule has 2 heterocycles. The van der Waals surface area contributed by atoms with Crippen LogP contribution in [0.1, 0.15) is 56.4 Å². The zero-order chi connectivity index (χ0) is 24.5. The van der Waals surface area contributed by atoms with Crippen LogP contribution in [0.3, 0.4) is 0 Å². The van der Waals surface area contributed by atoms with Gasteiger partial charge in [0.05, 0.1) is 5.92 Å². The molecule has 190 valence electrons. The molecule has 2 saturated heterocycles. The Balaban J connectivity index is 1.04. The molecule has 0 aromatic heterocycles.